The van der Waals surface area contributed by atoms with Gasteiger partial charge in [-0.05, 0) is 19.9 Å². The van der Waals surface area contributed by atoms with E-state index in [4.69, 9.17) is 5.26 Å². The summed E-state index contributed by atoms with van der Waals surface area (Å²) in [6, 6.07) is 2.88. The van der Waals surface area contributed by atoms with Crippen LogP contribution in [0.1, 0.15) is 19.8 Å². The Labute approximate surface area is 56.1 Å². The number of likely N-dealkylation sites (tertiary alicyclic amines) is 1. The minimum Gasteiger partial charge on any atom is -0.300 e. The van der Waals surface area contributed by atoms with Gasteiger partial charge in [0.25, 0.3) is 0 Å². The van der Waals surface area contributed by atoms with Crippen LogP contribution in [0.3, 0.4) is 0 Å². The molecule has 9 heavy (non-hydrogen) atoms. The summed E-state index contributed by atoms with van der Waals surface area (Å²) >= 11 is 0. The molecule has 0 aliphatic carbocycles. The summed E-state index contributed by atoms with van der Waals surface area (Å²) in [6.45, 7) is 4.38. The van der Waals surface area contributed by atoms with E-state index in [1.165, 1.54) is 13.0 Å². The quantitative estimate of drug-likeness (QED) is 0.549. The van der Waals surface area contributed by atoms with Gasteiger partial charge >= 0.3 is 0 Å². The van der Waals surface area contributed by atoms with Crippen LogP contribution < -0.4 is 0 Å². The average molecular weight is 124 g/mol. The molecule has 0 aromatic heterocycles. The molecule has 0 aromatic carbocycles. The average Bonchev–Trinajstić information content (AvgIpc) is 1.86. The number of nitrogens with zero attached hydrogens (tertiary/aromatic N) is 2. The molecule has 0 saturated carbocycles. The lowest BCUT2D eigenvalue weighted by atomic mass is 10.1. The van der Waals surface area contributed by atoms with Gasteiger partial charge in [0.2, 0.25) is 0 Å². The highest BCUT2D eigenvalue weighted by atomic mass is 15.2. The molecule has 1 heterocycles. The van der Waals surface area contributed by atoms with E-state index in [1.807, 2.05) is 0 Å². The van der Waals surface area contributed by atoms with Crippen molar-refractivity contribution in [1.29, 1.82) is 5.26 Å². The fourth-order valence-corrected chi connectivity index (χ4v) is 1.10. The fraction of sp³-hybridized carbons (Fsp3) is 0.857. The van der Waals surface area contributed by atoms with Crippen molar-refractivity contribution in [2.45, 2.75) is 25.8 Å². The van der Waals surface area contributed by atoms with E-state index in [0.717, 1.165) is 12.6 Å². The van der Waals surface area contributed by atoms with Crippen LogP contribution in [0.5, 0.6) is 0 Å². The van der Waals surface area contributed by atoms with Crippen LogP contribution in [-0.2, 0) is 0 Å². The molecule has 1 unspecified atom stereocenters. The lowest BCUT2D eigenvalue weighted by molar-refractivity contribution is 0.108. The van der Waals surface area contributed by atoms with E-state index < -0.39 is 0 Å². The molecule has 2 heteroatoms. The summed E-state index contributed by atoms with van der Waals surface area (Å²) < 4.78 is 0. The Morgan fingerprint density at radius 3 is 2.89 bits per heavy atom. The predicted molar refractivity (Wildman–Crippen MR) is 35.9 cm³/mol. The van der Waals surface area contributed by atoms with Gasteiger partial charge in [0, 0.05) is 19.0 Å². The van der Waals surface area contributed by atoms with Crippen LogP contribution in [0.4, 0.5) is 0 Å². The molecule has 0 bridgehead atoms. The molecule has 1 atom stereocenters. The van der Waals surface area contributed by atoms with Gasteiger partial charge in [-0.3, -0.25) is 4.90 Å². The van der Waals surface area contributed by atoms with Gasteiger partial charge in [-0.1, -0.05) is 0 Å². The molecule has 2 nitrogen and oxygen atoms in total. The van der Waals surface area contributed by atoms with Crippen LogP contribution >= 0.6 is 0 Å². The molecule has 0 radical (unpaired) electrons. The van der Waals surface area contributed by atoms with Gasteiger partial charge in [-0.25, -0.2) is 0 Å². The third kappa shape index (κ3) is 1.43. The van der Waals surface area contributed by atoms with Crippen molar-refractivity contribution in [3.8, 4) is 6.07 Å². The second-order valence-corrected chi connectivity index (χ2v) is 2.58. The van der Waals surface area contributed by atoms with E-state index >= 15 is 0 Å². The third-order valence-electron chi connectivity index (χ3n) is 1.97. The molecule has 0 spiro atoms. The lowest BCUT2D eigenvalue weighted by Crippen LogP contribution is -2.45. The topological polar surface area (TPSA) is 27.0 Å². The van der Waals surface area contributed by atoms with Crippen LogP contribution in [-0.4, -0.2) is 24.0 Å². The maximum atomic E-state index is 8.24. The largest absolute Gasteiger partial charge is 0.300 e. The minimum absolute atomic E-state index is 0.685. The molecule has 1 aliphatic heterocycles. The van der Waals surface area contributed by atoms with Gasteiger partial charge in [0.05, 0.1) is 6.07 Å². The molecular weight excluding hydrogens is 112 g/mol. The second kappa shape index (κ2) is 2.84. The maximum absolute atomic E-state index is 8.24. The monoisotopic (exact) mass is 124 g/mol. The number of nitriles is 1. The smallest absolute Gasteiger partial charge is 0.0635 e. The minimum atomic E-state index is 0.685. The van der Waals surface area contributed by atoms with Crippen molar-refractivity contribution in [2.75, 3.05) is 13.1 Å². The summed E-state index contributed by atoms with van der Waals surface area (Å²) in [7, 11) is 0. The lowest BCUT2D eigenvalue weighted by Gasteiger charge is -2.37. The zero-order valence-corrected chi connectivity index (χ0v) is 5.80. The molecule has 50 valence electrons. The van der Waals surface area contributed by atoms with Gasteiger partial charge in [-0.2, -0.15) is 5.26 Å². The highest BCUT2D eigenvalue weighted by molar-refractivity contribution is 4.81. The van der Waals surface area contributed by atoms with E-state index in [9.17, 15) is 0 Å². The molecule has 1 aliphatic rings. The summed E-state index contributed by atoms with van der Waals surface area (Å²) in [4.78, 5) is 2.34. The van der Waals surface area contributed by atoms with E-state index in [-0.39, 0.29) is 0 Å². The molecule has 1 saturated heterocycles. The number of rotatable bonds is 2. The van der Waals surface area contributed by atoms with E-state index in [0.29, 0.717) is 6.42 Å². The van der Waals surface area contributed by atoms with Crippen molar-refractivity contribution >= 4 is 0 Å². The van der Waals surface area contributed by atoms with Crippen molar-refractivity contribution in [2.24, 2.45) is 0 Å². The first kappa shape index (κ1) is 6.57. The zero-order chi connectivity index (χ0) is 6.69. The Kier molecular flexibility index (Phi) is 2.07. The first-order valence-electron chi connectivity index (χ1n) is 3.45. The highest BCUT2D eigenvalue weighted by Crippen LogP contribution is 2.15. The highest BCUT2D eigenvalue weighted by Gasteiger charge is 2.21. The summed E-state index contributed by atoms with van der Waals surface area (Å²) in [6.07, 6.45) is 2.00. The normalized spacial score (nSPS) is 26.9. The van der Waals surface area contributed by atoms with Crippen molar-refractivity contribution in [3.63, 3.8) is 0 Å². The Morgan fingerprint density at radius 1 is 1.78 bits per heavy atom. The molecule has 1 rings (SSSR count). The summed E-state index contributed by atoms with van der Waals surface area (Å²) in [5, 5.41) is 8.24. The molecular formula is C7H12N2. The van der Waals surface area contributed by atoms with Crippen molar-refractivity contribution in [1.82, 2.24) is 4.90 Å². The van der Waals surface area contributed by atoms with Crippen LogP contribution in [0.25, 0.3) is 0 Å². The van der Waals surface area contributed by atoms with E-state index in [2.05, 4.69) is 17.9 Å². The Hall–Kier alpha value is -0.550. The Bertz CT molecular complexity index is 125. The number of hydrogen-bond acceptors (Lipinski definition) is 2. The Balaban J connectivity index is 2.08. The van der Waals surface area contributed by atoms with Gasteiger partial charge < -0.3 is 0 Å². The summed E-state index contributed by atoms with van der Waals surface area (Å²) in [5.41, 5.74) is 0. The molecule has 0 N–H and O–H groups in total. The Morgan fingerprint density at radius 2 is 2.56 bits per heavy atom. The standard InChI is InChI=1S/C7H12N2/c1-7-3-6-9(7)5-2-4-8/h7H,2-3,5-6H2,1H3. The second-order valence-electron chi connectivity index (χ2n) is 2.58. The first-order chi connectivity index (χ1) is 4.34. The summed E-state index contributed by atoms with van der Waals surface area (Å²) in [5.74, 6) is 0. The third-order valence-corrected chi connectivity index (χ3v) is 1.97. The molecule has 0 aromatic rings. The van der Waals surface area contributed by atoms with Crippen LogP contribution in [0, 0.1) is 11.3 Å². The molecule has 1 fully saturated rings. The fourth-order valence-electron chi connectivity index (χ4n) is 1.10. The van der Waals surface area contributed by atoms with Crippen molar-refractivity contribution < 1.29 is 0 Å². The SMILES string of the molecule is CC1CCN1CCC#N. The zero-order valence-electron chi connectivity index (χ0n) is 5.80. The number of hydrogen-bond donors (Lipinski definition) is 0. The van der Waals surface area contributed by atoms with Crippen molar-refractivity contribution in [3.05, 3.63) is 0 Å². The van der Waals surface area contributed by atoms with Gasteiger partial charge in [0.1, 0.15) is 0 Å². The van der Waals surface area contributed by atoms with Crippen LogP contribution in [0.15, 0.2) is 0 Å². The first-order valence-corrected chi connectivity index (χ1v) is 3.45. The predicted octanol–water partition coefficient (Wildman–Crippen LogP) is 0.994. The molecule has 0 amide bonds. The van der Waals surface area contributed by atoms with E-state index in [1.54, 1.807) is 0 Å². The maximum Gasteiger partial charge on any atom is 0.0635 e. The van der Waals surface area contributed by atoms with Crippen LogP contribution in [0.2, 0.25) is 0 Å². The van der Waals surface area contributed by atoms with Gasteiger partial charge in [0.15, 0.2) is 0 Å². The van der Waals surface area contributed by atoms with Gasteiger partial charge in [-0.15, -0.1) is 0 Å².